The highest BCUT2D eigenvalue weighted by Crippen LogP contribution is 2.31. The van der Waals surface area contributed by atoms with Crippen LogP contribution >= 0.6 is 0 Å². The van der Waals surface area contributed by atoms with Crippen molar-refractivity contribution in [3.05, 3.63) is 59.3 Å². The number of carbonyl (C=O) groups is 2. The van der Waals surface area contributed by atoms with Gasteiger partial charge < -0.3 is 14.4 Å². The van der Waals surface area contributed by atoms with Gasteiger partial charge in [-0.2, -0.15) is 13.4 Å². The lowest BCUT2D eigenvalue weighted by Gasteiger charge is -2.35. The van der Waals surface area contributed by atoms with Gasteiger partial charge in [0.2, 0.25) is 11.8 Å². The van der Waals surface area contributed by atoms with Crippen LogP contribution in [-0.4, -0.2) is 65.9 Å². The highest BCUT2D eigenvalue weighted by molar-refractivity contribution is 7.92. The zero-order valence-electron chi connectivity index (χ0n) is 26.2. The van der Waals surface area contributed by atoms with E-state index in [0.717, 1.165) is 16.7 Å². The maximum Gasteiger partial charge on any atom is 0.305 e. The molecule has 1 amide bonds. The Morgan fingerprint density at radius 1 is 1.05 bits per heavy atom. The van der Waals surface area contributed by atoms with Crippen LogP contribution in [0, 0.1) is 19.3 Å². The van der Waals surface area contributed by atoms with Crippen LogP contribution in [-0.2, 0) is 19.6 Å². The maximum absolute atomic E-state index is 14.0. The summed E-state index contributed by atoms with van der Waals surface area (Å²) in [7, 11) is -4.26. The van der Waals surface area contributed by atoms with E-state index in [1.807, 2.05) is 32.0 Å². The number of nitrogens with zero attached hydrogens (tertiary/aromatic N) is 4. The number of ether oxygens (including phenoxy) is 2. The summed E-state index contributed by atoms with van der Waals surface area (Å²) >= 11 is 0. The third kappa shape index (κ3) is 8.31. The number of sulfonamides is 1. The van der Waals surface area contributed by atoms with Crippen LogP contribution < -0.4 is 9.46 Å². The van der Waals surface area contributed by atoms with Crippen LogP contribution in [0.4, 0.5) is 5.95 Å². The van der Waals surface area contributed by atoms with Gasteiger partial charge in [-0.1, -0.05) is 45.0 Å². The van der Waals surface area contributed by atoms with Gasteiger partial charge >= 0.3 is 5.97 Å². The summed E-state index contributed by atoms with van der Waals surface area (Å²) in [6.45, 7) is 12.6. The van der Waals surface area contributed by atoms with Gasteiger partial charge in [-0.15, -0.1) is 0 Å². The molecule has 1 aliphatic rings. The van der Waals surface area contributed by atoms with E-state index in [0.29, 0.717) is 38.1 Å². The lowest BCUT2D eigenvalue weighted by atomic mass is 9.87. The fourth-order valence-corrected chi connectivity index (χ4v) is 6.19. The van der Waals surface area contributed by atoms with Crippen molar-refractivity contribution in [2.45, 2.75) is 78.3 Å². The van der Waals surface area contributed by atoms with Crippen molar-refractivity contribution in [3.8, 4) is 17.1 Å². The van der Waals surface area contributed by atoms with Crippen LogP contribution in [0.3, 0.4) is 0 Å². The topological polar surface area (TPSA) is 141 Å². The molecule has 0 saturated carbocycles. The summed E-state index contributed by atoms with van der Waals surface area (Å²) in [5.41, 5.74) is 3.06. The van der Waals surface area contributed by atoms with Gasteiger partial charge in [0.1, 0.15) is 12.3 Å². The number of benzene rings is 1. The Bertz CT molecular complexity index is 1600. The van der Waals surface area contributed by atoms with Gasteiger partial charge in [0, 0.05) is 24.6 Å². The Hall–Kier alpha value is -4.06. The summed E-state index contributed by atoms with van der Waals surface area (Å²) in [6, 6.07) is 11.4. The van der Waals surface area contributed by atoms with Crippen molar-refractivity contribution in [2.24, 2.45) is 5.41 Å². The quantitative estimate of drug-likeness (QED) is 0.260. The highest BCUT2D eigenvalue weighted by Gasteiger charge is 2.32. The molecule has 2 aromatic heterocycles. The molecule has 12 heteroatoms. The summed E-state index contributed by atoms with van der Waals surface area (Å²) in [6.07, 6.45) is 1.86. The molecule has 0 spiro atoms. The Balaban J connectivity index is 1.80. The molecule has 11 nitrogen and oxygen atoms in total. The number of aromatic nitrogens is 3. The molecule has 44 heavy (non-hydrogen) atoms. The number of aryl methyl sites for hydroxylation is 2. The number of rotatable bonds is 8. The van der Waals surface area contributed by atoms with Crippen molar-refractivity contribution in [1.82, 2.24) is 19.9 Å². The number of esters is 1. The number of carbonyl (C=O) groups excluding carboxylic acids is 2. The van der Waals surface area contributed by atoms with Gasteiger partial charge in [-0.25, -0.2) is 14.7 Å². The third-order valence-electron chi connectivity index (χ3n) is 7.19. The van der Waals surface area contributed by atoms with E-state index in [1.54, 1.807) is 17.9 Å². The number of unbranched alkanes of at least 4 members (excludes halogenated alkanes) is 1. The predicted molar refractivity (Wildman–Crippen MR) is 167 cm³/mol. The van der Waals surface area contributed by atoms with E-state index < -0.39 is 22.0 Å². The van der Waals surface area contributed by atoms with E-state index in [4.69, 9.17) is 9.47 Å². The zero-order valence-corrected chi connectivity index (χ0v) is 27.0. The molecule has 0 aliphatic carbocycles. The highest BCUT2D eigenvalue weighted by atomic mass is 32.2. The largest absolute Gasteiger partial charge is 0.475 e. The molecular formula is C32H41N5O6S. The van der Waals surface area contributed by atoms with Gasteiger partial charge in [-0.3, -0.25) is 9.59 Å². The normalized spacial score (nSPS) is 16.5. The molecule has 3 heterocycles. The number of anilines is 1. The van der Waals surface area contributed by atoms with Gasteiger partial charge in [0.05, 0.1) is 18.3 Å². The van der Waals surface area contributed by atoms with Crippen molar-refractivity contribution in [1.29, 1.82) is 0 Å². The van der Waals surface area contributed by atoms with E-state index in [-0.39, 0.29) is 47.0 Å². The summed E-state index contributed by atoms with van der Waals surface area (Å²) in [5.74, 6) is -0.710. The smallest absolute Gasteiger partial charge is 0.305 e. The standard InChI is InChI=1S/C32H41N5O6S/c1-7-42-28(38)16-8-9-17-37-23(19-32(4,5)6)20-43-26-18-25(29-21(2)12-10-13-22(29)3)34-31(35-26)36-44(40,41)27-15-11-14-24(33-27)30(37)39/h10-15,18,23H,7-9,16-17,19-20H2,1-6H3,(H,34,35,36)/t23-/m1/s1. The summed E-state index contributed by atoms with van der Waals surface area (Å²) in [5, 5.41) is -0.333. The SMILES string of the molecule is CCOC(=O)CCCCN1C(=O)c2cccc(n2)S(=O)(=O)Nc2nc(cc(-c3c(C)cccc3C)n2)OC[C@H]1CC(C)(C)C. The van der Waals surface area contributed by atoms with Crippen molar-refractivity contribution >= 4 is 27.8 Å². The Morgan fingerprint density at radius 2 is 1.75 bits per heavy atom. The molecule has 236 valence electrons. The number of pyridine rings is 1. The third-order valence-corrected chi connectivity index (χ3v) is 8.42. The summed E-state index contributed by atoms with van der Waals surface area (Å²) < 4.78 is 40.7. The van der Waals surface area contributed by atoms with E-state index >= 15 is 0 Å². The van der Waals surface area contributed by atoms with Gasteiger partial charge in [0.25, 0.3) is 15.9 Å². The number of fused-ring (bicyclic) bond motifs is 4. The minimum Gasteiger partial charge on any atom is -0.475 e. The second kappa shape index (κ2) is 13.7. The molecule has 1 aliphatic heterocycles. The first-order valence-electron chi connectivity index (χ1n) is 14.8. The predicted octanol–water partition coefficient (Wildman–Crippen LogP) is 5.33. The summed E-state index contributed by atoms with van der Waals surface area (Å²) in [4.78, 5) is 40.8. The fourth-order valence-electron chi connectivity index (χ4n) is 5.28. The van der Waals surface area contributed by atoms with Crippen LogP contribution in [0.15, 0.2) is 47.5 Å². The van der Waals surface area contributed by atoms with Crippen LogP contribution in [0.2, 0.25) is 0 Å². The molecule has 4 bridgehead atoms. The first-order chi connectivity index (χ1) is 20.8. The second-order valence-electron chi connectivity index (χ2n) is 12.1. The lowest BCUT2D eigenvalue weighted by molar-refractivity contribution is -0.143. The average molecular weight is 624 g/mol. The molecule has 0 saturated heterocycles. The Kier molecular flexibility index (Phi) is 10.2. The van der Waals surface area contributed by atoms with Crippen molar-refractivity contribution < 1.29 is 27.5 Å². The van der Waals surface area contributed by atoms with E-state index in [9.17, 15) is 18.0 Å². The first kappa shape index (κ1) is 32.8. The van der Waals surface area contributed by atoms with E-state index in [1.165, 1.54) is 18.2 Å². The van der Waals surface area contributed by atoms with Gasteiger partial charge in [-0.05, 0) is 68.7 Å². The number of amides is 1. The molecule has 4 rings (SSSR count). The minimum absolute atomic E-state index is 0.0136. The monoisotopic (exact) mass is 623 g/mol. The molecule has 3 aromatic rings. The Morgan fingerprint density at radius 3 is 2.43 bits per heavy atom. The molecule has 1 N–H and O–H groups in total. The molecule has 0 unspecified atom stereocenters. The van der Waals surface area contributed by atoms with Crippen molar-refractivity contribution in [2.75, 3.05) is 24.5 Å². The molecular weight excluding hydrogens is 582 g/mol. The van der Waals surface area contributed by atoms with E-state index in [2.05, 4.69) is 40.4 Å². The van der Waals surface area contributed by atoms with Gasteiger partial charge in [0.15, 0.2) is 5.03 Å². The first-order valence-corrected chi connectivity index (χ1v) is 16.3. The lowest BCUT2D eigenvalue weighted by Crippen LogP contribution is -2.46. The molecule has 1 aromatic carbocycles. The number of nitrogens with one attached hydrogen (secondary N) is 1. The zero-order chi connectivity index (χ0) is 32.1. The van der Waals surface area contributed by atoms with Crippen LogP contribution in [0.1, 0.15) is 75.0 Å². The molecule has 1 atom stereocenters. The molecule has 0 fully saturated rings. The minimum atomic E-state index is -4.26. The average Bonchev–Trinajstić information content (AvgIpc) is 2.94. The number of hydrogen-bond donors (Lipinski definition) is 1. The fraction of sp³-hybridized carbons (Fsp3) is 0.469. The second-order valence-corrected chi connectivity index (χ2v) is 13.8. The number of hydrogen-bond acceptors (Lipinski definition) is 9. The maximum atomic E-state index is 14.0. The molecule has 0 radical (unpaired) electrons. The van der Waals surface area contributed by atoms with Crippen LogP contribution in [0.25, 0.3) is 11.3 Å². The van der Waals surface area contributed by atoms with Crippen LogP contribution in [0.5, 0.6) is 5.88 Å². The van der Waals surface area contributed by atoms with Crippen molar-refractivity contribution in [3.63, 3.8) is 0 Å². The Labute approximate surface area is 259 Å².